The number of hydrazone groups is 1. The third kappa shape index (κ3) is 3.07. The van der Waals surface area contributed by atoms with Crippen molar-refractivity contribution in [3.63, 3.8) is 0 Å². The lowest BCUT2D eigenvalue weighted by atomic mass is 9.64. The van der Waals surface area contributed by atoms with Crippen molar-refractivity contribution in [2.24, 2.45) is 22.4 Å². The molecule has 8 heteroatoms. The third-order valence-electron chi connectivity index (χ3n) is 6.47. The van der Waals surface area contributed by atoms with Gasteiger partial charge >= 0.3 is 6.18 Å². The van der Waals surface area contributed by atoms with Crippen LogP contribution in [0.5, 0.6) is 5.75 Å². The maximum Gasteiger partial charge on any atom is 0.439 e. The lowest BCUT2D eigenvalue weighted by Crippen LogP contribution is -2.62. The minimum atomic E-state index is -5.10. The number of carbonyl (C=O) groups is 1. The van der Waals surface area contributed by atoms with Crippen LogP contribution in [0.2, 0.25) is 0 Å². The normalized spacial score (nSPS) is 28.1. The fourth-order valence-electron chi connectivity index (χ4n) is 4.19. The van der Waals surface area contributed by atoms with Gasteiger partial charge in [-0.25, -0.2) is 0 Å². The number of halogens is 3. The summed E-state index contributed by atoms with van der Waals surface area (Å²) in [5.74, 6) is -2.98. The summed E-state index contributed by atoms with van der Waals surface area (Å²) in [6.45, 7) is 6.00. The van der Waals surface area contributed by atoms with Crippen LogP contribution in [-0.2, 0) is 0 Å². The maximum absolute atomic E-state index is 14.1. The van der Waals surface area contributed by atoms with Gasteiger partial charge in [0.15, 0.2) is 0 Å². The molecule has 1 aromatic carbocycles. The summed E-state index contributed by atoms with van der Waals surface area (Å²) in [5.41, 5.74) is -3.76. The standard InChI is InChI=1S/C20H25F3N2O3/c1-4-18(2,3)12-9-10-15-14(11-12)19(28,20(21,22)23)25(24-15)17(27)13-7-5-6-8-16(13)26/h5-8,12,14,26,28H,4,9-11H2,1-3H3/t12-,14+,19-/m1/s1. The Labute approximate surface area is 161 Å². The molecule has 1 heterocycles. The molecule has 0 aromatic heterocycles. The van der Waals surface area contributed by atoms with Crippen molar-refractivity contribution in [1.29, 1.82) is 0 Å². The first-order chi connectivity index (χ1) is 12.9. The van der Waals surface area contributed by atoms with E-state index in [9.17, 15) is 28.2 Å². The molecule has 3 rings (SSSR count). The highest BCUT2D eigenvalue weighted by Crippen LogP contribution is 2.52. The topological polar surface area (TPSA) is 73.1 Å². The van der Waals surface area contributed by atoms with Crippen molar-refractivity contribution in [3.8, 4) is 5.75 Å². The number of hydrogen-bond donors (Lipinski definition) is 2. The Morgan fingerprint density at radius 1 is 1.32 bits per heavy atom. The molecular weight excluding hydrogens is 373 g/mol. The van der Waals surface area contributed by atoms with E-state index < -0.39 is 29.5 Å². The van der Waals surface area contributed by atoms with Crippen LogP contribution in [0, 0.1) is 17.3 Å². The predicted molar refractivity (Wildman–Crippen MR) is 97.6 cm³/mol. The van der Waals surface area contributed by atoms with E-state index in [1.165, 1.54) is 24.3 Å². The number of para-hydroxylation sites is 1. The predicted octanol–water partition coefficient (Wildman–Crippen LogP) is 4.31. The van der Waals surface area contributed by atoms with E-state index in [0.29, 0.717) is 12.8 Å². The molecule has 0 spiro atoms. The lowest BCUT2D eigenvalue weighted by Gasteiger charge is -2.43. The van der Waals surface area contributed by atoms with Gasteiger partial charge in [-0.1, -0.05) is 39.3 Å². The molecule has 2 aliphatic rings. The minimum Gasteiger partial charge on any atom is -0.507 e. The number of nitrogens with zero attached hydrogens (tertiary/aromatic N) is 2. The maximum atomic E-state index is 14.1. The van der Waals surface area contributed by atoms with E-state index in [1.807, 2.05) is 20.8 Å². The zero-order valence-electron chi connectivity index (χ0n) is 16.1. The van der Waals surface area contributed by atoms with Gasteiger partial charge in [-0.2, -0.15) is 23.3 Å². The smallest absolute Gasteiger partial charge is 0.439 e. The largest absolute Gasteiger partial charge is 0.507 e. The second kappa shape index (κ2) is 6.76. The van der Waals surface area contributed by atoms with E-state index in [4.69, 9.17) is 0 Å². The molecule has 1 aromatic rings. The molecule has 3 atom stereocenters. The molecule has 0 bridgehead atoms. The minimum absolute atomic E-state index is 0.0319. The molecular formula is C20H25F3N2O3. The van der Waals surface area contributed by atoms with Crippen molar-refractivity contribution in [1.82, 2.24) is 5.01 Å². The molecule has 0 radical (unpaired) electrons. The number of hydrogen-bond acceptors (Lipinski definition) is 4. The first kappa shape index (κ1) is 20.6. The van der Waals surface area contributed by atoms with Gasteiger partial charge < -0.3 is 10.2 Å². The quantitative estimate of drug-likeness (QED) is 0.797. The molecule has 5 nitrogen and oxygen atoms in total. The number of carbonyl (C=O) groups excluding carboxylic acids is 1. The number of fused-ring (bicyclic) bond motifs is 1. The first-order valence-corrected chi connectivity index (χ1v) is 9.42. The van der Waals surface area contributed by atoms with Crippen LogP contribution in [0.1, 0.15) is 56.8 Å². The number of benzene rings is 1. The Balaban J connectivity index is 2.03. The van der Waals surface area contributed by atoms with E-state index in [0.717, 1.165) is 6.42 Å². The Morgan fingerprint density at radius 2 is 1.96 bits per heavy atom. The van der Waals surface area contributed by atoms with Gasteiger partial charge in [0.1, 0.15) is 5.75 Å². The molecule has 2 N–H and O–H groups in total. The molecule has 1 saturated carbocycles. The van der Waals surface area contributed by atoms with Gasteiger partial charge in [-0.3, -0.25) is 4.79 Å². The number of amides is 1. The third-order valence-corrected chi connectivity index (χ3v) is 6.47. The second-order valence-electron chi connectivity index (χ2n) is 8.32. The van der Waals surface area contributed by atoms with Crippen molar-refractivity contribution in [2.75, 3.05) is 0 Å². The summed E-state index contributed by atoms with van der Waals surface area (Å²) < 4.78 is 42.2. The number of phenols is 1. The van der Waals surface area contributed by atoms with E-state index in [-0.39, 0.29) is 34.0 Å². The van der Waals surface area contributed by atoms with Crippen LogP contribution < -0.4 is 0 Å². The number of aliphatic hydroxyl groups is 1. The fourth-order valence-corrected chi connectivity index (χ4v) is 4.19. The van der Waals surface area contributed by atoms with Gasteiger partial charge in [0.05, 0.1) is 11.5 Å². The van der Waals surface area contributed by atoms with Crippen molar-refractivity contribution in [3.05, 3.63) is 29.8 Å². The van der Waals surface area contributed by atoms with Crippen LogP contribution in [0.25, 0.3) is 0 Å². The van der Waals surface area contributed by atoms with Crippen LogP contribution >= 0.6 is 0 Å². The first-order valence-electron chi connectivity index (χ1n) is 9.42. The summed E-state index contributed by atoms with van der Waals surface area (Å²) in [5, 5.41) is 24.8. The average molecular weight is 398 g/mol. The second-order valence-corrected chi connectivity index (χ2v) is 8.32. The van der Waals surface area contributed by atoms with Crippen molar-refractivity contribution in [2.45, 2.75) is 58.4 Å². The Morgan fingerprint density at radius 3 is 2.54 bits per heavy atom. The highest BCUT2D eigenvalue weighted by Gasteiger charge is 2.69. The van der Waals surface area contributed by atoms with E-state index in [1.54, 1.807) is 0 Å². The van der Waals surface area contributed by atoms with Gasteiger partial charge in [0, 0.05) is 5.71 Å². The molecule has 0 saturated heterocycles. The summed E-state index contributed by atoms with van der Waals surface area (Å²) in [6.07, 6.45) is -3.26. The van der Waals surface area contributed by atoms with Crippen molar-refractivity contribution < 1.29 is 28.2 Å². The van der Waals surface area contributed by atoms with E-state index >= 15 is 0 Å². The zero-order valence-corrected chi connectivity index (χ0v) is 16.1. The monoisotopic (exact) mass is 398 g/mol. The van der Waals surface area contributed by atoms with Crippen molar-refractivity contribution >= 4 is 11.6 Å². The molecule has 1 amide bonds. The molecule has 1 aliphatic heterocycles. The van der Waals surface area contributed by atoms with Gasteiger partial charge in [-0.05, 0) is 42.7 Å². The Bertz CT molecular complexity index is 806. The molecule has 1 fully saturated rings. The fraction of sp³-hybridized carbons (Fsp3) is 0.600. The molecule has 154 valence electrons. The Hall–Kier alpha value is -2.09. The molecule has 0 unspecified atom stereocenters. The summed E-state index contributed by atoms with van der Waals surface area (Å²) in [7, 11) is 0. The zero-order chi connectivity index (χ0) is 20.9. The van der Waals surface area contributed by atoms with E-state index in [2.05, 4.69) is 5.10 Å². The molecule has 1 aliphatic carbocycles. The number of aromatic hydroxyl groups is 1. The van der Waals surface area contributed by atoms with Crippen LogP contribution in [0.15, 0.2) is 29.4 Å². The van der Waals surface area contributed by atoms with Gasteiger partial charge in [0.25, 0.3) is 11.6 Å². The number of rotatable bonds is 3. The van der Waals surface area contributed by atoms with Crippen LogP contribution in [0.3, 0.4) is 0 Å². The summed E-state index contributed by atoms with van der Waals surface area (Å²) in [6, 6.07) is 5.29. The van der Waals surface area contributed by atoms with Crippen LogP contribution in [-0.4, -0.2) is 38.7 Å². The van der Waals surface area contributed by atoms with Gasteiger partial charge in [0.2, 0.25) is 0 Å². The summed E-state index contributed by atoms with van der Waals surface area (Å²) in [4.78, 5) is 12.8. The number of phenolic OH excluding ortho intramolecular Hbond substituents is 1. The van der Waals surface area contributed by atoms with Crippen LogP contribution in [0.4, 0.5) is 13.2 Å². The van der Waals surface area contributed by atoms with Gasteiger partial charge in [-0.15, -0.1) is 0 Å². The highest BCUT2D eigenvalue weighted by molar-refractivity contribution is 6.01. The Kier molecular flexibility index (Phi) is 4.98. The lowest BCUT2D eigenvalue weighted by molar-refractivity contribution is -0.314. The number of alkyl halides is 3. The SMILES string of the molecule is CCC(C)(C)[C@@H]1CCC2=NN(C(=O)c3ccccc3O)[C@](O)(C(F)(F)F)[C@H]2C1. The highest BCUT2D eigenvalue weighted by atomic mass is 19.4. The summed E-state index contributed by atoms with van der Waals surface area (Å²) >= 11 is 0. The molecule has 28 heavy (non-hydrogen) atoms. The average Bonchev–Trinajstić information content (AvgIpc) is 2.95.